The van der Waals surface area contributed by atoms with Gasteiger partial charge in [-0.2, -0.15) is 4.39 Å². The van der Waals surface area contributed by atoms with E-state index in [2.05, 4.69) is 15.9 Å². The summed E-state index contributed by atoms with van der Waals surface area (Å²) in [6.07, 6.45) is 0. The van der Waals surface area contributed by atoms with Crippen LogP contribution < -0.4 is 0 Å². The van der Waals surface area contributed by atoms with Crippen LogP contribution in [0.5, 0.6) is 5.75 Å². The van der Waals surface area contributed by atoms with Gasteiger partial charge in [-0.05, 0) is 15.9 Å². The van der Waals surface area contributed by atoms with Crippen molar-refractivity contribution in [1.82, 2.24) is 0 Å². The van der Waals surface area contributed by atoms with Crippen LogP contribution in [0.15, 0.2) is 4.47 Å². The predicted octanol–water partition coefficient (Wildman–Crippen LogP) is 2.71. The minimum absolute atomic E-state index is 0.834. The lowest BCUT2D eigenvalue weighted by molar-refractivity contribution is 0.360. The summed E-state index contributed by atoms with van der Waals surface area (Å²) in [7, 11) is 0. The highest BCUT2D eigenvalue weighted by Gasteiger charge is 2.23. The van der Waals surface area contributed by atoms with Gasteiger partial charge in [0.05, 0.1) is 0 Å². The summed E-state index contributed by atoms with van der Waals surface area (Å²) in [6.45, 7) is 0. The Kier molecular flexibility index (Phi) is 2.27. The summed E-state index contributed by atoms with van der Waals surface area (Å²) in [5.74, 6) is -8.76. The molecular weight excluding hydrogens is 244 g/mol. The van der Waals surface area contributed by atoms with E-state index >= 15 is 0 Å². The molecule has 66 valence electrons. The number of hydrogen-bond acceptors (Lipinski definition) is 1. The van der Waals surface area contributed by atoms with Crippen LogP contribution in [0.1, 0.15) is 0 Å². The third kappa shape index (κ3) is 1.16. The van der Waals surface area contributed by atoms with Crippen molar-refractivity contribution in [2.24, 2.45) is 0 Å². The van der Waals surface area contributed by atoms with Gasteiger partial charge in [-0.15, -0.1) is 0 Å². The number of phenols is 1. The molecule has 1 rings (SSSR count). The Morgan fingerprint density at radius 3 is 1.75 bits per heavy atom. The average Bonchev–Trinajstić information content (AvgIpc) is 2.08. The van der Waals surface area contributed by atoms with Gasteiger partial charge < -0.3 is 5.11 Å². The summed E-state index contributed by atoms with van der Waals surface area (Å²) in [5.41, 5.74) is 0. The van der Waals surface area contributed by atoms with Gasteiger partial charge >= 0.3 is 0 Å². The lowest BCUT2D eigenvalue weighted by atomic mass is 10.3. The maximum absolute atomic E-state index is 12.4. The largest absolute Gasteiger partial charge is 0.504 e. The lowest BCUT2D eigenvalue weighted by Crippen LogP contribution is -1.97. The summed E-state index contributed by atoms with van der Waals surface area (Å²) < 4.78 is 48.5. The first-order chi connectivity index (χ1) is 5.46. The van der Waals surface area contributed by atoms with E-state index in [0.717, 1.165) is 0 Å². The highest BCUT2D eigenvalue weighted by atomic mass is 79.9. The molecule has 0 aliphatic heterocycles. The quantitative estimate of drug-likeness (QED) is 0.423. The Bertz CT molecular complexity index is 234. The van der Waals surface area contributed by atoms with E-state index in [-0.39, 0.29) is 0 Å². The van der Waals surface area contributed by atoms with E-state index in [4.69, 9.17) is 5.11 Å². The molecule has 0 saturated carbocycles. The van der Waals surface area contributed by atoms with Gasteiger partial charge in [0, 0.05) is 0 Å². The van der Waals surface area contributed by atoms with Crippen LogP contribution in [-0.2, 0) is 0 Å². The molecule has 0 spiro atoms. The van der Waals surface area contributed by atoms with Crippen LogP contribution >= 0.6 is 15.9 Å². The first-order valence-electron chi connectivity index (χ1n) is 2.67. The van der Waals surface area contributed by atoms with Gasteiger partial charge in [-0.25, -0.2) is 13.2 Å². The molecule has 0 saturated heterocycles. The van der Waals surface area contributed by atoms with E-state index in [1.807, 2.05) is 0 Å². The zero-order valence-electron chi connectivity index (χ0n) is 5.34. The normalized spacial score (nSPS) is 10.4. The first-order valence-corrected chi connectivity index (χ1v) is 3.46. The molecule has 1 N–H and O–H groups in total. The van der Waals surface area contributed by atoms with Crippen molar-refractivity contribution in [2.75, 3.05) is 0 Å². The minimum Gasteiger partial charge on any atom is -0.504 e. The molecule has 0 amide bonds. The predicted molar refractivity (Wildman–Crippen MR) is 35.6 cm³/mol. The standard InChI is InChI=1S/C6HBrF4O/c7-1-2(8)3(9)4(10)5(11)6(1)12/h12H. The topological polar surface area (TPSA) is 20.2 Å². The van der Waals surface area contributed by atoms with Crippen molar-refractivity contribution in [3.63, 3.8) is 0 Å². The third-order valence-corrected chi connectivity index (χ3v) is 1.91. The summed E-state index contributed by atoms with van der Waals surface area (Å²) >= 11 is 2.34. The van der Waals surface area contributed by atoms with Gasteiger partial charge in [-0.1, -0.05) is 0 Å². The molecule has 0 fully saturated rings. The molecule has 1 nitrogen and oxygen atoms in total. The molecule has 0 heterocycles. The fourth-order valence-electron chi connectivity index (χ4n) is 0.593. The third-order valence-electron chi connectivity index (χ3n) is 1.19. The van der Waals surface area contributed by atoms with E-state index in [9.17, 15) is 17.6 Å². The summed E-state index contributed by atoms with van der Waals surface area (Å²) in [5, 5.41) is 8.62. The maximum atomic E-state index is 12.4. The Labute approximate surface area is 72.8 Å². The second-order valence-electron chi connectivity index (χ2n) is 1.92. The summed E-state index contributed by atoms with van der Waals surface area (Å²) in [6, 6.07) is 0. The first kappa shape index (κ1) is 9.31. The molecular formula is C6HBrF4O. The van der Waals surface area contributed by atoms with Crippen molar-refractivity contribution in [3.8, 4) is 5.75 Å². The molecule has 0 bridgehead atoms. The molecule has 1 aromatic carbocycles. The molecule has 0 atom stereocenters. The van der Waals surface area contributed by atoms with Crippen LogP contribution in [-0.4, -0.2) is 5.11 Å². The van der Waals surface area contributed by atoms with Crippen LogP contribution in [0.25, 0.3) is 0 Å². The van der Waals surface area contributed by atoms with Gasteiger partial charge in [0.25, 0.3) is 0 Å². The van der Waals surface area contributed by atoms with Crippen LogP contribution in [0.4, 0.5) is 17.6 Å². The monoisotopic (exact) mass is 244 g/mol. The number of halogens is 5. The highest BCUT2D eigenvalue weighted by molar-refractivity contribution is 9.10. The van der Waals surface area contributed by atoms with Gasteiger partial charge in [0.1, 0.15) is 4.47 Å². The second kappa shape index (κ2) is 2.93. The van der Waals surface area contributed by atoms with Crippen LogP contribution in [0.2, 0.25) is 0 Å². The molecule has 0 aliphatic rings. The fourth-order valence-corrected chi connectivity index (χ4v) is 0.941. The molecule has 12 heavy (non-hydrogen) atoms. The molecule has 6 heteroatoms. The lowest BCUT2D eigenvalue weighted by Gasteiger charge is -2.02. The molecule has 0 aromatic heterocycles. The minimum atomic E-state index is -2.03. The van der Waals surface area contributed by atoms with Crippen molar-refractivity contribution in [2.45, 2.75) is 0 Å². The smallest absolute Gasteiger partial charge is 0.204 e. The Hall–Kier alpha value is -0.780. The number of hydrogen-bond donors (Lipinski definition) is 1. The van der Waals surface area contributed by atoms with Gasteiger partial charge in [0.15, 0.2) is 17.4 Å². The summed E-state index contributed by atoms with van der Waals surface area (Å²) in [4.78, 5) is 0. The van der Waals surface area contributed by atoms with E-state index in [0.29, 0.717) is 0 Å². The van der Waals surface area contributed by atoms with Gasteiger partial charge in [-0.3, -0.25) is 0 Å². The molecule has 1 aromatic rings. The Morgan fingerprint density at radius 1 is 0.833 bits per heavy atom. The van der Waals surface area contributed by atoms with Crippen molar-refractivity contribution >= 4 is 15.9 Å². The zero-order chi connectivity index (χ0) is 9.46. The molecule has 0 aliphatic carbocycles. The van der Waals surface area contributed by atoms with Crippen molar-refractivity contribution < 1.29 is 22.7 Å². The van der Waals surface area contributed by atoms with Crippen LogP contribution in [0, 0.1) is 23.3 Å². The number of phenolic OH excluding ortho intramolecular Hbond substituents is 1. The average molecular weight is 245 g/mol. The van der Waals surface area contributed by atoms with Crippen molar-refractivity contribution in [1.29, 1.82) is 0 Å². The number of aromatic hydroxyl groups is 1. The van der Waals surface area contributed by atoms with Crippen LogP contribution in [0.3, 0.4) is 0 Å². The van der Waals surface area contributed by atoms with E-state index in [1.54, 1.807) is 0 Å². The molecule has 0 unspecified atom stereocenters. The van der Waals surface area contributed by atoms with E-state index in [1.165, 1.54) is 0 Å². The van der Waals surface area contributed by atoms with E-state index < -0.39 is 33.5 Å². The van der Waals surface area contributed by atoms with Gasteiger partial charge in [0.2, 0.25) is 11.6 Å². The Balaban J connectivity index is 3.60. The SMILES string of the molecule is Oc1c(F)c(F)c(F)c(F)c1Br. The molecule has 0 radical (unpaired) electrons. The second-order valence-corrected chi connectivity index (χ2v) is 2.71. The maximum Gasteiger partial charge on any atom is 0.204 e. The Morgan fingerprint density at radius 2 is 1.25 bits per heavy atom. The fraction of sp³-hybridized carbons (Fsp3) is 0. The highest BCUT2D eigenvalue weighted by Crippen LogP contribution is 2.33. The number of benzene rings is 1. The zero-order valence-corrected chi connectivity index (χ0v) is 6.92. The number of rotatable bonds is 0. The van der Waals surface area contributed by atoms with Crippen molar-refractivity contribution in [3.05, 3.63) is 27.7 Å².